The molecule has 0 saturated carbocycles. The number of hydrogen-bond donors (Lipinski definition) is 1. The van der Waals surface area contributed by atoms with Crippen molar-refractivity contribution in [2.24, 2.45) is 0 Å². The fourth-order valence-electron chi connectivity index (χ4n) is 6.85. The highest BCUT2D eigenvalue weighted by Gasteiger charge is 2.45. The molecule has 1 N–H and O–H groups in total. The first-order chi connectivity index (χ1) is 19.4. The van der Waals surface area contributed by atoms with E-state index >= 15 is 4.39 Å². The Kier molecular flexibility index (Phi) is 6.27. The maximum Gasteiger partial charge on any atom is 0.319 e. The largest absolute Gasteiger partial charge is 0.461 e. The second kappa shape index (κ2) is 9.85. The average molecular weight is 549 g/mol. The molecule has 3 fully saturated rings. The zero-order chi connectivity index (χ0) is 27.4. The van der Waals surface area contributed by atoms with Crippen LogP contribution in [0.3, 0.4) is 0 Å². The molecule has 0 amide bonds. The zero-order valence-corrected chi connectivity index (χ0v) is 22.4. The van der Waals surface area contributed by atoms with Crippen LogP contribution in [0, 0.1) is 17.5 Å². The van der Waals surface area contributed by atoms with E-state index in [1.807, 2.05) is 11.9 Å². The Labute approximate surface area is 230 Å². The van der Waals surface area contributed by atoms with Crippen molar-refractivity contribution < 1.29 is 17.9 Å². The molecule has 4 aromatic rings. The Morgan fingerprint density at radius 2 is 1.90 bits per heavy atom. The monoisotopic (exact) mass is 548 g/mol. The molecule has 7 nitrogen and oxygen atoms in total. The first-order valence-electron chi connectivity index (χ1n) is 14.0. The molecule has 0 aliphatic carbocycles. The molecule has 1 atom stereocenters. The van der Waals surface area contributed by atoms with Gasteiger partial charge < -0.3 is 15.0 Å². The van der Waals surface area contributed by atoms with Gasteiger partial charge in [0.2, 0.25) is 0 Å². The van der Waals surface area contributed by atoms with E-state index in [1.54, 1.807) is 18.2 Å². The minimum Gasteiger partial charge on any atom is -0.461 e. The maximum absolute atomic E-state index is 16.4. The van der Waals surface area contributed by atoms with Crippen molar-refractivity contribution in [2.75, 3.05) is 44.7 Å². The van der Waals surface area contributed by atoms with Gasteiger partial charge in [-0.2, -0.15) is 9.97 Å². The lowest BCUT2D eigenvalue weighted by atomic mass is 9.95. The summed E-state index contributed by atoms with van der Waals surface area (Å²) in [7, 11) is 1.94. The van der Waals surface area contributed by atoms with Crippen LogP contribution < -0.4 is 15.0 Å². The van der Waals surface area contributed by atoms with Crippen molar-refractivity contribution in [1.29, 1.82) is 0 Å². The molecule has 2 aromatic heterocycles. The molecule has 3 saturated heterocycles. The van der Waals surface area contributed by atoms with Gasteiger partial charge in [-0.1, -0.05) is 24.3 Å². The molecular formula is C30H31F3N6O. The smallest absolute Gasteiger partial charge is 0.319 e. The molecule has 0 radical (unpaired) electrons. The number of nitrogens with one attached hydrogen (secondary N) is 1. The average Bonchev–Trinajstić information content (AvgIpc) is 3.72. The normalized spacial score (nSPS) is 20.4. The number of aromatic nitrogens is 3. The van der Waals surface area contributed by atoms with Crippen LogP contribution >= 0.6 is 0 Å². The molecule has 5 heterocycles. The number of likely N-dealkylation sites (N-methyl/N-ethyl adjacent to an activating group) is 1. The highest BCUT2D eigenvalue weighted by atomic mass is 19.2. The van der Waals surface area contributed by atoms with E-state index in [4.69, 9.17) is 9.72 Å². The summed E-state index contributed by atoms with van der Waals surface area (Å²) < 4.78 is 51.8. The number of fused-ring (bicyclic) bond motifs is 3. The standard InChI is InChI=1S/C30H31F3N6O/c1-38(19-9-12-34-15-19)28-21-16-35-26(20-6-2-5-18-7-8-22(31)24(32)23(18)20)25(33)27(21)36-29(37-28)40-17-30-10-3-13-39(30)14-4-11-30/h2,5-8,16,19,34H,3-4,9-15,17H2,1H3. The fourth-order valence-corrected chi connectivity index (χ4v) is 6.85. The SMILES string of the molecule is CN(c1nc(OCC23CCCN2CCC3)nc2c(F)c(-c3cccc4ccc(F)c(F)c34)ncc12)C1CCNC1. The molecule has 0 spiro atoms. The first-order valence-corrected chi connectivity index (χ1v) is 14.0. The Morgan fingerprint density at radius 1 is 1.07 bits per heavy atom. The highest BCUT2D eigenvalue weighted by Crippen LogP contribution is 2.40. The minimum absolute atomic E-state index is 0.0187. The van der Waals surface area contributed by atoms with E-state index in [9.17, 15) is 8.78 Å². The third-order valence-electron chi connectivity index (χ3n) is 9.03. The predicted molar refractivity (Wildman–Crippen MR) is 148 cm³/mol. The van der Waals surface area contributed by atoms with Gasteiger partial charge in [0.05, 0.1) is 10.9 Å². The number of ether oxygens (including phenoxy) is 1. The lowest BCUT2D eigenvalue weighted by Gasteiger charge is -2.31. The number of nitrogens with zero attached hydrogens (tertiary/aromatic N) is 5. The number of pyridine rings is 1. The van der Waals surface area contributed by atoms with Gasteiger partial charge in [0.25, 0.3) is 0 Å². The molecule has 3 aliphatic rings. The van der Waals surface area contributed by atoms with Gasteiger partial charge in [0.15, 0.2) is 17.5 Å². The molecule has 7 rings (SSSR count). The van der Waals surface area contributed by atoms with E-state index in [0.717, 1.165) is 64.3 Å². The lowest BCUT2D eigenvalue weighted by Crippen LogP contribution is -2.43. The third kappa shape index (κ3) is 4.07. The van der Waals surface area contributed by atoms with Crippen molar-refractivity contribution in [3.63, 3.8) is 0 Å². The molecule has 208 valence electrons. The minimum atomic E-state index is -1.03. The van der Waals surface area contributed by atoms with Crippen molar-refractivity contribution in [3.8, 4) is 17.3 Å². The van der Waals surface area contributed by atoms with Crippen LogP contribution in [-0.4, -0.2) is 71.3 Å². The van der Waals surface area contributed by atoms with E-state index in [1.165, 1.54) is 12.3 Å². The summed E-state index contributed by atoms with van der Waals surface area (Å²) in [5.74, 6) is -2.22. The van der Waals surface area contributed by atoms with Gasteiger partial charge in [0.1, 0.15) is 23.6 Å². The second-order valence-electron chi connectivity index (χ2n) is 11.2. The van der Waals surface area contributed by atoms with E-state index in [2.05, 4.69) is 20.2 Å². The summed E-state index contributed by atoms with van der Waals surface area (Å²) in [5, 5.41) is 4.24. The van der Waals surface area contributed by atoms with Crippen LogP contribution in [0.15, 0.2) is 36.5 Å². The van der Waals surface area contributed by atoms with Gasteiger partial charge in [-0.05, 0) is 63.2 Å². The van der Waals surface area contributed by atoms with Crippen molar-refractivity contribution >= 4 is 27.5 Å². The quantitative estimate of drug-likeness (QED) is 0.361. The molecule has 0 bridgehead atoms. The topological polar surface area (TPSA) is 66.4 Å². The number of anilines is 1. The van der Waals surface area contributed by atoms with Crippen molar-refractivity contribution in [3.05, 3.63) is 54.0 Å². The summed E-state index contributed by atoms with van der Waals surface area (Å²) in [4.78, 5) is 18.2. The van der Waals surface area contributed by atoms with Gasteiger partial charge in [0, 0.05) is 36.8 Å². The van der Waals surface area contributed by atoms with Gasteiger partial charge >= 0.3 is 6.01 Å². The Balaban J connectivity index is 1.36. The molecule has 40 heavy (non-hydrogen) atoms. The second-order valence-corrected chi connectivity index (χ2v) is 11.2. The Morgan fingerprint density at radius 3 is 2.67 bits per heavy atom. The molecule has 10 heteroatoms. The zero-order valence-electron chi connectivity index (χ0n) is 22.4. The summed E-state index contributed by atoms with van der Waals surface area (Å²) in [6.07, 6.45) is 6.84. The summed E-state index contributed by atoms with van der Waals surface area (Å²) in [6.45, 7) is 4.25. The predicted octanol–water partition coefficient (Wildman–Crippen LogP) is 5.07. The van der Waals surface area contributed by atoms with Crippen LogP contribution in [0.5, 0.6) is 6.01 Å². The molecular weight excluding hydrogens is 517 g/mol. The molecule has 3 aliphatic heterocycles. The maximum atomic E-state index is 16.4. The number of hydrogen-bond acceptors (Lipinski definition) is 7. The summed E-state index contributed by atoms with van der Waals surface area (Å²) in [5.41, 5.74) is 0.0894. The van der Waals surface area contributed by atoms with Crippen molar-refractivity contribution in [2.45, 2.75) is 43.7 Å². The Hall–Kier alpha value is -3.50. The fraction of sp³-hybridized carbons (Fsp3) is 0.433. The van der Waals surface area contributed by atoms with E-state index < -0.39 is 17.5 Å². The lowest BCUT2D eigenvalue weighted by molar-refractivity contribution is 0.108. The van der Waals surface area contributed by atoms with Crippen LogP contribution in [0.4, 0.5) is 19.0 Å². The molecule has 1 unspecified atom stereocenters. The Bertz CT molecular complexity index is 1600. The van der Waals surface area contributed by atoms with Gasteiger partial charge in [-0.3, -0.25) is 9.88 Å². The van der Waals surface area contributed by atoms with Gasteiger partial charge in [-0.15, -0.1) is 0 Å². The van der Waals surface area contributed by atoms with Crippen LogP contribution in [0.1, 0.15) is 32.1 Å². The first kappa shape index (κ1) is 25.5. The number of benzene rings is 2. The summed E-state index contributed by atoms with van der Waals surface area (Å²) >= 11 is 0. The highest BCUT2D eigenvalue weighted by molar-refractivity contribution is 5.99. The van der Waals surface area contributed by atoms with Crippen LogP contribution in [0.2, 0.25) is 0 Å². The molecule has 2 aromatic carbocycles. The van der Waals surface area contributed by atoms with E-state index in [0.29, 0.717) is 23.2 Å². The summed E-state index contributed by atoms with van der Waals surface area (Å²) in [6, 6.07) is 7.70. The van der Waals surface area contributed by atoms with Gasteiger partial charge in [-0.25, -0.2) is 13.2 Å². The third-order valence-corrected chi connectivity index (χ3v) is 9.03. The number of rotatable bonds is 6. The van der Waals surface area contributed by atoms with Crippen LogP contribution in [0.25, 0.3) is 32.9 Å². The van der Waals surface area contributed by atoms with Crippen molar-refractivity contribution in [1.82, 2.24) is 25.2 Å². The van der Waals surface area contributed by atoms with Crippen LogP contribution in [-0.2, 0) is 0 Å². The van der Waals surface area contributed by atoms with E-state index in [-0.39, 0.29) is 39.8 Å². The number of halogens is 3.